The lowest BCUT2D eigenvalue weighted by atomic mass is 9.87. The van der Waals surface area contributed by atoms with Crippen LogP contribution in [0.15, 0.2) is 48.5 Å². The van der Waals surface area contributed by atoms with Crippen LogP contribution in [0.4, 0.5) is 4.79 Å². The molecule has 0 radical (unpaired) electrons. The Bertz CT molecular complexity index is 1120. The van der Waals surface area contributed by atoms with E-state index < -0.39 is 17.7 Å². The van der Waals surface area contributed by atoms with E-state index in [0.29, 0.717) is 24.2 Å². The van der Waals surface area contributed by atoms with Crippen molar-refractivity contribution in [3.63, 3.8) is 0 Å². The number of alkyl carbamates (subject to hydrolysis) is 1. The van der Waals surface area contributed by atoms with Gasteiger partial charge in [0.25, 0.3) is 0 Å². The van der Waals surface area contributed by atoms with Crippen LogP contribution in [0.25, 0.3) is 0 Å². The third kappa shape index (κ3) is 8.12. The molecule has 0 spiro atoms. The first kappa shape index (κ1) is 28.7. The molecule has 212 valence electrons. The van der Waals surface area contributed by atoms with Crippen molar-refractivity contribution in [2.45, 2.75) is 71.1 Å². The summed E-state index contributed by atoms with van der Waals surface area (Å²) < 4.78 is 17.1. The maximum absolute atomic E-state index is 12.0. The zero-order valence-corrected chi connectivity index (χ0v) is 23.9. The number of nitrogens with zero attached hydrogens (tertiary/aromatic N) is 1. The van der Waals surface area contributed by atoms with E-state index in [-0.39, 0.29) is 24.0 Å². The summed E-state index contributed by atoms with van der Waals surface area (Å²) in [5, 5.41) is 12.7. The van der Waals surface area contributed by atoms with Crippen molar-refractivity contribution in [2.75, 3.05) is 26.2 Å². The molecule has 8 nitrogen and oxygen atoms in total. The van der Waals surface area contributed by atoms with Gasteiger partial charge in [-0.05, 0) is 73.4 Å². The maximum Gasteiger partial charge on any atom is 0.407 e. The monoisotopic (exact) mass is 538 g/mol. The van der Waals surface area contributed by atoms with Gasteiger partial charge < -0.3 is 24.6 Å². The number of likely N-dealkylation sites (tertiary alicyclic amines) is 1. The molecule has 0 aromatic heterocycles. The van der Waals surface area contributed by atoms with Crippen LogP contribution in [0.1, 0.15) is 52.7 Å². The Morgan fingerprint density at radius 2 is 1.54 bits per heavy atom. The van der Waals surface area contributed by atoms with E-state index in [9.17, 15) is 14.7 Å². The predicted molar refractivity (Wildman–Crippen MR) is 149 cm³/mol. The summed E-state index contributed by atoms with van der Waals surface area (Å²) in [5.41, 5.74) is 1.57. The summed E-state index contributed by atoms with van der Waals surface area (Å²) in [6, 6.07) is 15.3. The van der Waals surface area contributed by atoms with Crippen molar-refractivity contribution in [1.82, 2.24) is 10.2 Å². The Morgan fingerprint density at radius 3 is 2.08 bits per heavy atom. The smallest absolute Gasteiger partial charge is 0.407 e. The van der Waals surface area contributed by atoms with E-state index >= 15 is 0 Å². The molecule has 4 atom stereocenters. The molecule has 1 aliphatic carbocycles. The van der Waals surface area contributed by atoms with Crippen molar-refractivity contribution >= 4 is 12.1 Å². The zero-order chi connectivity index (χ0) is 28.4. The molecule has 1 unspecified atom stereocenters. The van der Waals surface area contributed by atoms with Gasteiger partial charge in [-0.2, -0.15) is 0 Å². The van der Waals surface area contributed by atoms with Crippen molar-refractivity contribution in [3.8, 4) is 11.5 Å². The Labute approximate surface area is 231 Å². The molecule has 2 aromatic rings. The van der Waals surface area contributed by atoms with Gasteiger partial charge in [0.1, 0.15) is 23.7 Å². The third-order valence-electron chi connectivity index (χ3n) is 7.25. The molecule has 4 rings (SSSR count). The molecule has 2 aliphatic rings. The number of hydrogen-bond donors (Lipinski definition) is 2. The number of piperidine rings is 1. The van der Waals surface area contributed by atoms with Gasteiger partial charge in [-0.3, -0.25) is 4.90 Å². The molecule has 0 bridgehead atoms. The highest BCUT2D eigenvalue weighted by molar-refractivity contribution is 5.73. The van der Waals surface area contributed by atoms with Gasteiger partial charge >= 0.3 is 12.1 Å². The molecule has 1 aliphatic heterocycles. The second-order valence-corrected chi connectivity index (χ2v) is 12.7. The van der Waals surface area contributed by atoms with Gasteiger partial charge in [-0.25, -0.2) is 9.59 Å². The van der Waals surface area contributed by atoms with Gasteiger partial charge in [0.05, 0.1) is 0 Å². The van der Waals surface area contributed by atoms with Crippen molar-refractivity contribution in [1.29, 1.82) is 0 Å². The molecule has 2 aromatic carbocycles. The first-order valence-electron chi connectivity index (χ1n) is 13.7. The van der Waals surface area contributed by atoms with E-state index in [2.05, 4.69) is 31.0 Å². The lowest BCUT2D eigenvalue weighted by Gasteiger charge is -2.22. The minimum atomic E-state index is -0.998. The first-order chi connectivity index (χ1) is 18.3. The van der Waals surface area contributed by atoms with Crippen LogP contribution in [0, 0.1) is 11.8 Å². The van der Waals surface area contributed by atoms with Crippen molar-refractivity contribution in [2.24, 2.45) is 11.8 Å². The van der Waals surface area contributed by atoms with Crippen LogP contribution in [-0.4, -0.2) is 66.1 Å². The standard InChI is InChI=1S/C31H42N2O6/c1-30(2,3)21-9-13-23(14-10-21)38-26(28(34)35)17-20-7-11-22(12-8-20)37-16-15-33-18-24-25(19-33)27(24)32-29(36)39-31(4,5)6/h7-14,24-27H,15-19H2,1-6H3,(H,32,36)(H,34,35)/t24-,25+,26-,27?/m0/s1. The minimum Gasteiger partial charge on any atom is -0.492 e. The quantitative estimate of drug-likeness (QED) is 0.444. The fourth-order valence-electron chi connectivity index (χ4n) is 5.06. The molecule has 1 saturated heterocycles. The van der Waals surface area contributed by atoms with Gasteiger partial charge in [0, 0.05) is 32.1 Å². The van der Waals surface area contributed by atoms with Crippen LogP contribution >= 0.6 is 0 Å². The van der Waals surface area contributed by atoms with E-state index in [4.69, 9.17) is 14.2 Å². The summed E-state index contributed by atoms with van der Waals surface area (Å²) in [7, 11) is 0. The largest absolute Gasteiger partial charge is 0.492 e. The number of fused-ring (bicyclic) bond motifs is 1. The van der Waals surface area contributed by atoms with Gasteiger partial charge in [0.2, 0.25) is 0 Å². The number of benzene rings is 2. The van der Waals surface area contributed by atoms with E-state index in [1.54, 1.807) is 0 Å². The molecule has 1 saturated carbocycles. The number of carboxylic acid groups (broad SMARTS) is 1. The highest BCUT2D eigenvalue weighted by Crippen LogP contribution is 2.45. The molecule has 1 amide bonds. The number of hydrogen-bond acceptors (Lipinski definition) is 6. The average Bonchev–Trinajstić information content (AvgIpc) is 3.26. The average molecular weight is 539 g/mol. The van der Waals surface area contributed by atoms with Crippen LogP contribution in [0.3, 0.4) is 0 Å². The second kappa shape index (κ2) is 11.5. The molecular formula is C31H42N2O6. The Kier molecular flexibility index (Phi) is 8.45. The van der Waals surface area contributed by atoms with E-state index in [1.165, 1.54) is 5.56 Å². The number of carbonyl (C=O) groups is 2. The molecule has 1 heterocycles. The molecule has 2 N–H and O–H groups in total. The van der Waals surface area contributed by atoms with E-state index in [1.807, 2.05) is 69.3 Å². The van der Waals surface area contributed by atoms with Gasteiger partial charge in [-0.15, -0.1) is 0 Å². The Morgan fingerprint density at radius 1 is 0.949 bits per heavy atom. The molecular weight excluding hydrogens is 496 g/mol. The van der Waals surface area contributed by atoms with Crippen molar-refractivity contribution < 1.29 is 28.9 Å². The summed E-state index contributed by atoms with van der Waals surface area (Å²) in [6.45, 7) is 15.3. The number of carboxylic acids is 1. The summed E-state index contributed by atoms with van der Waals surface area (Å²) >= 11 is 0. The number of nitrogens with one attached hydrogen (secondary N) is 1. The normalized spacial score (nSPS) is 21.5. The fourth-order valence-corrected chi connectivity index (χ4v) is 5.06. The summed E-state index contributed by atoms with van der Waals surface area (Å²) in [5.74, 6) is 1.26. The predicted octanol–water partition coefficient (Wildman–Crippen LogP) is 4.89. The highest BCUT2D eigenvalue weighted by Gasteiger charge is 2.56. The molecule has 8 heteroatoms. The maximum atomic E-state index is 12.0. The topological polar surface area (TPSA) is 97.3 Å². The highest BCUT2D eigenvalue weighted by atomic mass is 16.6. The Hall–Kier alpha value is -3.26. The lowest BCUT2D eigenvalue weighted by molar-refractivity contribution is -0.145. The van der Waals surface area contributed by atoms with Crippen LogP contribution in [0.2, 0.25) is 0 Å². The second-order valence-electron chi connectivity index (χ2n) is 12.7. The van der Waals surface area contributed by atoms with Crippen LogP contribution in [-0.2, 0) is 21.4 Å². The molecule has 39 heavy (non-hydrogen) atoms. The minimum absolute atomic E-state index is 0.0210. The first-order valence-corrected chi connectivity index (χ1v) is 13.7. The third-order valence-corrected chi connectivity index (χ3v) is 7.25. The Balaban J connectivity index is 1.18. The van der Waals surface area contributed by atoms with Crippen LogP contribution < -0.4 is 14.8 Å². The summed E-state index contributed by atoms with van der Waals surface area (Å²) in [4.78, 5) is 26.2. The van der Waals surface area contributed by atoms with Gasteiger partial charge in [0.15, 0.2) is 6.10 Å². The number of aliphatic carboxylic acids is 1. The zero-order valence-electron chi connectivity index (χ0n) is 23.9. The SMILES string of the molecule is CC(C)(C)OC(=O)NC1[C@H]2CN(CCOc3ccc(C[C@H](Oc4ccc(C(C)(C)C)cc4)C(=O)O)cc3)C[C@@H]12. The number of rotatable bonds is 10. The lowest BCUT2D eigenvalue weighted by Crippen LogP contribution is -2.38. The molecule has 2 fully saturated rings. The van der Waals surface area contributed by atoms with Gasteiger partial charge in [-0.1, -0.05) is 45.0 Å². The number of ether oxygens (including phenoxy) is 3. The summed E-state index contributed by atoms with van der Waals surface area (Å²) in [6.07, 6.45) is -1.06. The van der Waals surface area contributed by atoms with E-state index in [0.717, 1.165) is 30.9 Å². The fraction of sp³-hybridized carbons (Fsp3) is 0.548. The number of carbonyl (C=O) groups excluding carboxylic acids is 1. The van der Waals surface area contributed by atoms with Crippen molar-refractivity contribution in [3.05, 3.63) is 59.7 Å². The van der Waals surface area contributed by atoms with Crippen LogP contribution in [0.5, 0.6) is 11.5 Å². The number of amides is 1.